The maximum absolute atomic E-state index is 6.02. The standard InChI is InChI=1S/C12H12ClNS/c1-8-4-5-15-12(8)9-2-3-11(13)10(6-9)7-14/h2-6H,7,14H2,1H3. The third-order valence-corrected chi connectivity index (χ3v) is 3.82. The van der Waals surface area contributed by atoms with Gasteiger partial charge in [-0.2, -0.15) is 0 Å². The number of hydrogen-bond donors (Lipinski definition) is 1. The number of aryl methyl sites for hydroxylation is 1. The molecule has 0 unspecified atom stereocenters. The van der Waals surface area contributed by atoms with E-state index in [-0.39, 0.29) is 0 Å². The Labute approximate surface area is 98.5 Å². The second-order valence-electron chi connectivity index (χ2n) is 3.44. The van der Waals surface area contributed by atoms with Gasteiger partial charge < -0.3 is 5.73 Å². The van der Waals surface area contributed by atoms with Gasteiger partial charge in [-0.3, -0.25) is 0 Å². The minimum absolute atomic E-state index is 0.483. The van der Waals surface area contributed by atoms with E-state index in [2.05, 4.69) is 24.4 Å². The van der Waals surface area contributed by atoms with Crippen LogP contribution >= 0.6 is 22.9 Å². The molecule has 3 heteroatoms. The molecule has 2 N–H and O–H groups in total. The molecule has 0 radical (unpaired) electrons. The minimum Gasteiger partial charge on any atom is -0.326 e. The Hall–Kier alpha value is -0.830. The maximum Gasteiger partial charge on any atom is 0.0451 e. The largest absolute Gasteiger partial charge is 0.326 e. The first-order valence-corrected chi connectivity index (χ1v) is 6.01. The van der Waals surface area contributed by atoms with Crippen LogP contribution in [-0.4, -0.2) is 0 Å². The highest BCUT2D eigenvalue weighted by Crippen LogP contribution is 2.31. The van der Waals surface area contributed by atoms with Crippen LogP contribution in [0.15, 0.2) is 29.6 Å². The zero-order chi connectivity index (χ0) is 10.8. The Morgan fingerprint density at radius 1 is 1.33 bits per heavy atom. The average molecular weight is 238 g/mol. The molecule has 0 bridgehead atoms. The van der Waals surface area contributed by atoms with E-state index in [1.165, 1.54) is 16.0 Å². The quantitative estimate of drug-likeness (QED) is 0.844. The van der Waals surface area contributed by atoms with Gasteiger partial charge in [0.2, 0.25) is 0 Å². The lowest BCUT2D eigenvalue weighted by atomic mass is 10.1. The third kappa shape index (κ3) is 2.07. The van der Waals surface area contributed by atoms with Gasteiger partial charge in [0.1, 0.15) is 0 Å². The monoisotopic (exact) mass is 237 g/mol. The Bertz CT molecular complexity index is 476. The summed E-state index contributed by atoms with van der Waals surface area (Å²) in [7, 11) is 0. The summed E-state index contributed by atoms with van der Waals surface area (Å²) in [4.78, 5) is 1.29. The predicted octanol–water partition coefficient (Wildman–Crippen LogP) is 3.84. The van der Waals surface area contributed by atoms with Crippen molar-refractivity contribution in [2.75, 3.05) is 0 Å². The number of halogens is 1. The highest BCUT2D eigenvalue weighted by Gasteiger charge is 2.05. The zero-order valence-electron chi connectivity index (χ0n) is 8.46. The molecule has 0 saturated carbocycles. The van der Waals surface area contributed by atoms with Crippen LogP contribution in [-0.2, 0) is 6.54 Å². The number of nitrogens with two attached hydrogens (primary N) is 1. The van der Waals surface area contributed by atoms with E-state index in [1.54, 1.807) is 11.3 Å². The topological polar surface area (TPSA) is 26.0 Å². The molecule has 1 aromatic heterocycles. The molecule has 78 valence electrons. The van der Waals surface area contributed by atoms with Gasteiger partial charge in [0.15, 0.2) is 0 Å². The van der Waals surface area contributed by atoms with Crippen molar-refractivity contribution in [3.63, 3.8) is 0 Å². The highest BCUT2D eigenvalue weighted by molar-refractivity contribution is 7.13. The average Bonchev–Trinajstić information content (AvgIpc) is 2.65. The van der Waals surface area contributed by atoms with E-state index in [4.69, 9.17) is 17.3 Å². The van der Waals surface area contributed by atoms with Crippen molar-refractivity contribution >= 4 is 22.9 Å². The van der Waals surface area contributed by atoms with Crippen LogP contribution in [0.5, 0.6) is 0 Å². The molecule has 0 saturated heterocycles. The van der Waals surface area contributed by atoms with Gasteiger partial charge in [-0.05, 0) is 47.2 Å². The van der Waals surface area contributed by atoms with Gasteiger partial charge in [0.05, 0.1) is 0 Å². The second-order valence-corrected chi connectivity index (χ2v) is 4.77. The minimum atomic E-state index is 0.483. The first-order chi connectivity index (χ1) is 7.22. The summed E-state index contributed by atoms with van der Waals surface area (Å²) in [5, 5.41) is 2.84. The molecule has 2 rings (SSSR count). The summed E-state index contributed by atoms with van der Waals surface area (Å²) in [5.74, 6) is 0. The molecule has 1 nitrogen and oxygen atoms in total. The van der Waals surface area contributed by atoms with Crippen LogP contribution in [0.1, 0.15) is 11.1 Å². The fourth-order valence-corrected chi connectivity index (χ4v) is 2.66. The molecule has 2 aromatic rings. The van der Waals surface area contributed by atoms with Crippen LogP contribution < -0.4 is 5.73 Å². The Morgan fingerprint density at radius 3 is 2.73 bits per heavy atom. The molecular formula is C12H12ClNS. The summed E-state index contributed by atoms with van der Waals surface area (Å²) in [6.45, 7) is 2.60. The number of benzene rings is 1. The van der Waals surface area contributed by atoms with Crippen molar-refractivity contribution in [2.24, 2.45) is 5.73 Å². The fraction of sp³-hybridized carbons (Fsp3) is 0.167. The second kappa shape index (κ2) is 4.35. The summed E-state index contributed by atoms with van der Waals surface area (Å²) < 4.78 is 0. The van der Waals surface area contributed by atoms with Crippen LogP contribution in [0.25, 0.3) is 10.4 Å². The molecule has 0 fully saturated rings. The van der Waals surface area contributed by atoms with Gasteiger partial charge in [0.25, 0.3) is 0 Å². The van der Waals surface area contributed by atoms with Crippen LogP contribution in [0.2, 0.25) is 5.02 Å². The van der Waals surface area contributed by atoms with Crippen LogP contribution in [0.4, 0.5) is 0 Å². The molecule has 0 spiro atoms. The first kappa shape index (κ1) is 10.7. The lowest BCUT2D eigenvalue weighted by molar-refractivity contribution is 1.07. The van der Waals surface area contributed by atoms with E-state index >= 15 is 0 Å². The molecule has 0 aliphatic rings. The highest BCUT2D eigenvalue weighted by atomic mass is 35.5. The molecule has 0 atom stereocenters. The van der Waals surface area contributed by atoms with Crippen molar-refractivity contribution in [3.8, 4) is 10.4 Å². The van der Waals surface area contributed by atoms with Gasteiger partial charge in [-0.25, -0.2) is 0 Å². The summed E-state index contributed by atoms with van der Waals surface area (Å²) >= 11 is 7.76. The van der Waals surface area contributed by atoms with E-state index < -0.39 is 0 Å². The van der Waals surface area contributed by atoms with Gasteiger partial charge in [-0.15, -0.1) is 11.3 Å². The lowest BCUT2D eigenvalue weighted by Crippen LogP contribution is -1.97. The number of rotatable bonds is 2. The molecule has 0 aliphatic carbocycles. The van der Waals surface area contributed by atoms with Gasteiger partial charge >= 0.3 is 0 Å². The number of hydrogen-bond acceptors (Lipinski definition) is 2. The van der Waals surface area contributed by atoms with Crippen molar-refractivity contribution in [3.05, 3.63) is 45.8 Å². The van der Waals surface area contributed by atoms with Crippen molar-refractivity contribution < 1.29 is 0 Å². The van der Waals surface area contributed by atoms with E-state index in [9.17, 15) is 0 Å². The Balaban J connectivity index is 2.51. The lowest BCUT2D eigenvalue weighted by Gasteiger charge is -2.05. The Morgan fingerprint density at radius 2 is 2.13 bits per heavy atom. The SMILES string of the molecule is Cc1ccsc1-c1ccc(Cl)c(CN)c1. The van der Waals surface area contributed by atoms with E-state index in [1.807, 2.05) is 12.1 Å². The molecule has 1 aromatic carbocycles. The normalized spacial score (nSPS) is 10.6. The van der Waals surface area contributed by atoms with Crippen molar-refractivity contribution in [1.82, 2.24) is 0 Å². The first-order valence-electron chi connectivity index (χ1n) is 4.75. The van der Waals surface area contributed by atoms with Gasteiger partial charge in [-0.1, -0.05) is 17.7 Å². The third-order valence-electron chi connectivity index (χ3n) is 2.39. The predicted molar refractivity (Wildman–Crippen MR) is 67.4 cm³/mol. The molecule has 0 aliphatic heterocycles. The Kier molecular flexibility index (Phi) is 3.10. The summed E-state index contributed by atoms with van der Waals surface area (Å²) in [6, 6.07) is 8.15. The summed E-state index contributed by atoms with van der Waals surface area (Å²) in [5.41, 5.74) is 9.13. The molecule has 1 heterocycles. The van der Waals surface area contributed by atoms with E-state index in [0.29, 0.717) is 6.54 Å². The van der Waals surface area contributed by atoms with Gasteiger partial charge in [0, 0.05) is 16.4 Å². The van der Waals surface area contributed by atoms with Crippen LogP contribution in [0.3, 0.4) is 0 Å². The van der Waals surface area contributed by atoms with E-state index in [0.717, 1.165) is 10.6 Å². The zero-order valence-corrected chi connectivity index (χ0v) is 10.0. The van der Waals surface area contributed by atoms with Crippen LogP contribution in [0, 0.1) is 6.92 Å². The smallest absolute Gasteiger partial charge is 0.0451 e. The molecule has 15 heavy (non-hydrogen) atoms. The number of thiophene rings is 1. The van der Waals surface area contributed by atoms with Crippen molar-refractivity contribution in [1.29, 1.82) is 0 Å². The fourth-order valence-electron chi connectivity index (χ4n) is 1.54. The maximum atomic E-state index is 6.02. The molecule has 0 amide bonds. The summed E-state index contributed by atoms with van der Waals surface area (Å²) in [6.07, 6.45) is 0. The molecular weight excluding hydrogens is 226 g/mol. The van der Waals surface area contributed by atoms with Crippen molar-refractivity contribution in [2.45, 2.75) is 13.5 Å².